The van der Waals surface area contributed by atoms with Gasteiger partial charge in [0.15, 0.2) is 0 Å². The summed E-state index contributed by atoms with van der Waals surface area (Å²) in [5, 5.41) is 7.01. The van der Waals surface area contributed by atoms with Gasteiger partial charge in [0.1, 0.15) is 5.82 Å². The van der Waals surface area contributed by atoms with Gasteiger partial charge >= 0.3 is 0 Å². The monoisotopic (exact) mass is 354 g/mol. The first-order chi connectivity index (χ1) is 11.0. The van der Waals surface area contributed by atoms with Crippen molar-refractivity contribution in [3.05, 3.63) is 69.5 Å². The van der Waals surface area contributed by atoms with Gasteiger partial charge in [0.05, 0.1) is 6.54 Å². The third kappa shape index (κ3) is 5.50. The van der Waals surface area contributed by atoms with Gasteiger partial charge in [-0.1, -0.05) is 41.4 Å². The molecular formula is C17H17Cl2FN2O. The molecule has 0 aromatic heterocycles. The summed E-state index contributed by atoms with van der Waals surface area (Å²) in [5.41, 5.74) is 1.72. The maximum Gasteiger partial charge on any atom is 0.234 e. The Bertz CT molecular complexity index is 677. The number of carbonyl (C=O) groups is 1. The molecule has 23 heavy (non-hydrogen) atoms. The lowest BCUT2D eigenvalue weighted by Crippen LogP contribution is -2.34. The van der Waals surface area contributed by atoms with E-state index in [1.165, 1.54) is 12.1 Å². The molecular weight excluding hydrogens is 338 g/mol. The molecule has 0 spiro atoms. The Kier molecular flexibility index (Phi) is 6.39. The SMILES string of the molecule is CC(NCC(=O)NCc1ccc(F)cc1)c1ccc(Cl)cc1Cl. The maximum atomic E-state index is 12.8. The number of halogens is 3. The van der Waals surface area contributed by atoms with Crippen LogP contribution in [0.25, 0.3) is 0 Å². The second-order valence-corrected chi connectivity index (χ2v) is 6.02. The number of amides is 1. The molecule has 3 nitrogen and oxygen atoms in total. The normalized spacial score (nSPS) is 12.0. The van der Waals surface area contributed by atoms with Crippen LogP contribution in [0.5, 0.6) is 0 Å². The second kappa shape index (κ2) is 8.29. The zero-order chi connectivity index (χ0) is 16.8. The minimum absolute atomic E-state index is 0.0867. The molecule has 1 atom stereocenters. The van der Waals surface area contributed by atoms with Gasteiger partial charge in [0.2, 0.25) is 5.91 Å². The van der Waals surface area contributed by atoms with Crippen molar-refractivity contribution in [3.63, 3.8) is 0 Å². The first kappa shape index (κ1) is 17.7. The number of carbonyl (C=O) groups excluding carboxylic acids is 1. The lowest BCUT2D eigenvalue weighted by atomic mass is 10.1. The molecule has 0 aliphatic rings. The summed E-state index contributed by atoms with van der Waals surface area (Å²) in [6.45, 7) is 2.43. The predicted molar refractivity (Wildman–Crippen MR) is 91.1 cm³/mol. The third-order valence-corrected chi connectivity index (χ3v) is 3.96. The Balaban J connectivity index is 1.80. The van der Waals surface area contributed by atoms with Crippen LogP contribution in [0.3, 0.4) is 0 Å². The Labute approximate surface area is 144 Å². The summed E-state index contributed by atoms with van der Waals surface area (Å²) >= 11 is 12.0. The number of nitrogens with one attached hydrogen (secondary N) is 2. The highest BCUT2D eigenvalue weighted by atomic mass is 35.5. The van der Waals surface area contributed by atoms with E-state index in [1.54, 1.807) is 24.3 Å². The smallest absolute Gasteiger partial charge is 0.234 e. The zero-order valence-corrected chi connectivity index (χ0v) is 14.1. The Morgan fingerprint density at radius 1 is 1.17 bits per heavy atom. The van der Waals surface area contributed by atoms with Crippen molar-refractivity contribution in [2.45, 2.75) is 19.5 Å². The number of hydrogen-bond donors (Lipinski definition) is 2. The fourth-order valence-corrected chi connectivity index (χ4v) is 2.65. The van der Waals surface area contributed by atoms with Crippen molar-refractivity contribution in [1.29, 1.82) is 0 Å². The van der Waals surface area contributed by atoms with Crippen molar-refractivity contribution < 1.29 is 9.18 Å². The van der Waals surface area contributed by atoms with E-state index in [9.17, 15) is 9.18 Å². The van der Waals surface area contributed by atoms with Crippen LogP contribution in [0, 0.1) is 5.82 Å². The molecule has 0 fully saturated rings. The van der Waals surface area contributed by atoms with Crippen LogP contribution >= 0.6 is 23.2 Å². The highest BCUT2D eigenvalue weighted by Crippen LogP contribution is 2.25. The zero-order valence-electron chi connectivity index (χ0n) is 12.6. The maximum absolute atomic E-state index is 12.8. The molecule has 0 saturated carbocycles. The molecule has 2 rings (SSSR count). The molecule has 2 aromatic carbocycles. The molecule has 1 unspecified atom stereocenters. The van der Waals surface area contributed by atoms with E-state index in [2.05, 4.69) is 10.6 Å². The van der Waals surface area contributed by atoms with Crippen molar-refractivity contribution in [3.8, 4) is 0 Å². The Morgan fingerprint density at radius 3 is 2.52 bits per heavy atom. The van der Waals surface area contributed by atoms with Crippen molar-refractivity contribution in [2.75, 3.05) is 6.54 Å². The van der Waals surface area contributed by atoms with Crippen LogP contribution in [-0.2, 0) is 11.3 Å². The number of hydrogen-bond acceptors (Lipinski definition) is 2. The van der Waals surface area contributed by atoms with Crippen LogP contribution in [0.1, 0.15) is 24.1 Å². The molecule has 0 heterocycles. The summed E-state index contributed by atoms with van der Waals surface area (Å²) in [4.78, 5) is 11.9. The molecule has 1 amide bonds. The largest absolute Gasteiger partial charge is 0.351 e. The summed E-state index contributed by atoms with van der Waals surface area (Å²) in [5.74, 6) is -0.443. The molecule has 0 aliphatic heterocycles. The summed E-state index contributed by atoms with van der Waals surface area (Å²) < 4.78 is 12.8. The fourth-order valence-electron chi connectivity index (χ4n) is 2.07. The second-order valence-electron chi connectivity index (χ2n) is 5.17. The topological polar surface area (TPSA) is 41.1 Å². The molecule has 6 heteroatoms. The van der Waals surface area contributed by atoms with Crippen molar-refractivity contribution >= 4 is 29.1 Å². The molecule has 122 valence electrons. The van der Waals surface area contributed by atoms with Crippen molar-refractivity contribution in [1.82, 2.24) is 10.6 Å². The average Bonchev–Trinajstić information content (AvgIpc) is 2.52. The number of benzene rings is 2. The van der Waals surface area contributed by atoms with E-state index >= 15 is 0 Å². The van der Waals surface area contributed by atoms with Gasteiger partial charge in [0.25, 0.3) is 0 Å². The first-order valence-electron chi connectivity index (χ1n) is 7.15. The highest BCUT2D eigenvalue weighted by Gasteiger charge is 2.11. The summed E-state index contributed by atoms with van der Waals surface area (Å²) in [7, 11) is 0. The molecule has 0 bridgehead atoms. The van der Waals surface area contributed by atoms with Gasteiger partial charge in [-0.3, -0.25) is 4.79 Å². The van der Waals surface area contributed by atoms with Gasteiger partial charge < -0.3 is 10.6 Å². The molecule has 2 N–H and O–H groups in total. The minimum Gasteiger partial charge on any atom is -0.351 e. The van der Waals surface area contributed by atoms with Crippen LogP contribution in [0.4, 0.5) is 4.39 Å². The van der Waals surface area contributed by atoms with Crippen molar-refractivity contribution in [2.24, 2.45) is 0 Å². The average molecular weight is 355 g/mol. The first-order valence-corrected chi connectivity index (χ1v) is 7.91. The van der Waals surface area contributed by atoms with E-state index < -0.39 is 0 Å². The summed E-state index contributed by atoms with van der Waals surface area (Å²) in [6.07, 6.45) is 0. The third-order valence-electron chi connectivity index (χ3n) is 3.40. The molecule has 0 radical (unpaired) electrons. The van der Waals surface area contributed by atoms with E-state index in [1.807, 2.05) is 13.0 Å². The minimum atomic E-state index is -0.296. The molecule has 0 aliphatic carbocycles. The highest BCUT2D eigenvalue weighted by molar-refractivity contribution is 6.35. The van der Waals surface area contributed by atoms with E-state index in [0.717, 1.165) is 11.1 Å². The van der Waals surface area contributed by atoms with Crippen LogP contribution in [0.2, 0.25) is 10.0 Å². The van der Waals surface area contributed by atoms with Gasteiger partial charge in [-0.2, -0.15) is 0 Å². The standard InChI is InChI=1S/C17H17Cl2FN2O/c1-11(15-7-4-13(18)8-16(15)19)21-10-17(23)22-9-12-2-5-14(20)6-3-12/h2-8,11,21H,9-10H2,1H3,(H,22,23). The van der Waals surface area contributed by atoms with E-state index in [0.29, 0.717) is 16.6 Å². The molecule has 0 saturated heterocycles. The van der Waals surface area contributed by atoms with Gasteiger partial charge in [-0.25, -0.2) is 4.39 Å². The fraction of sp³-hybridized carbons (Fsp3) is 0.235. The predicted octanol–water partition coefficient (Wildman–Crippen LogP) is 4.10. The van der Waals surface area contributed by atoms with E-state index in [4.69, 9.17) is 23.2 Å². The van der Waals surface area contributed by atoms with Gasteiger partial charge in [-0.15, -0.1) is 0 Å². The quantitative estimate of drug-likeness (QED) is 0.819. The number of rotatable bonds is 6. The van der Waals surface area contributed by atoms with Crippen LogP contribution < -0.4 is 10.6 Å². The summed E-state index contributed by atoms with van der Waals surface area (Å²) in [6, 6.07) is 11.2. The lowest BCUT2D eigenvalue weighted by Gasteiger charge is -2.16. The van der Waals surface area contributed by atoms with Gasteiger partial charge in [-0.05, 0) is 42.3 Å². The molecule has 2 aromatic rings. The van der Waals surface area contributed by atoms with Crippen LogP contribution in [0.15, 0.2) is 42.5 Å². The Hall–Kier alpha value is -1.62. The van der Waals surface area contributed by atoms with Gasteiger partial charge in [0, 0.05) is 22.6 Å². The van der Waals surface area contributed by atoms with E-state index in [-0.39, 0.29) is 24.3 Å². The van der Waals surface area contributed by atoms with Crippen LogP contribution in [-0.4, -0.2) is 12.5 Å². The lowest BCUT2D eigenvalue weighted by molar-refractivity contribution is -0.120. The Morgan fingerprint density at radius 2 is 1.87 bits per heavy atom.